The van der Waals surface area contributed by atoms with Crippen molar-refractivity contribution in [1.82, 2.24) is 19.8 Å². The summed E-state index contributed by atoms with van der Waals surface area (Å²) in [5.41, 5.74) is 1.31. The van der Waals surface area contributed by atoms with Gasteiger partial charge in [0.15, 0.2) is 0 Å². The summed E-state index contributed by atoms with van der Waals surface area (Å²) in [6.45, 7) is 5.51. The van der Waals surface area contributed by atoms with Crippen LogP contribution in [0.4, 0.5) is 4.79 Å². The number of carboxylic acid groups (broad SMARTS) is 1. The van der Waals surface area contributed by atoms with E-state index in [2.05, 4.69) is 15.5 Å². The first-order valence-corrected chi connectivity index (χ1v) is 14.7. The number of esters is 1. The van der Waals surface area contributed by atoms with E-state index >= 15 is 0 Å². The number of aryl methyl sites for hydroxylation is 1. The van der Waals surface area contributed by atoms with Gasteiger partial charge in [0.1, 0.15) is 0 Å². The Morgan fingerprint density at radius 2 is 1.76 bits per heavy atom. The van der Waals surface area contributed by atoms with Gasteiger partial charge in [-0.3, -0.25) is 4.79 Å². The van der Waals surface area contributed by atoms with Crippen molar-refractivity contribution >= 4 is 22.1 Å². The van der Waals surface area contributed by atoms with Crippen LogP contribution in [0.15, 0.2) is 64.0 Å². The SMILES string of the molecule is CCOC(=O)CCc1nc(-c2ccc(S(=O)(=O)N(CC(C)C)C[C@H](O)[C@H](Cc3ccccc3)NC(=O)O)cc2)no1. The minimum Gasteiger partial charge on any atom is -0.466 e. The third kappa shape index (κ3) is 9.37. The fourth-order valence-corrected chi connectivity index (χ4v) is 5.79. The van der Waals surface area contributed by atoms with E-state index in [0.717, 1.165) is 5.56 Å². The van der Waals surface area contributed by atoms with Crippen LogP contribution in [0.5, 0.6) is 0 Å². The molecule has 0 spiro atoms. The Morgan fingerprint density at radius 1 is 1.07 bits per heavy atom. The summed E-state index contributed by atoms with van der Waals surface area (Å²) in [5.74, 6) is 0.0549. The zero-order valence-corrected chi connectivity index (χ0v) is 24.1. The largest absolute Gasteiger partial charge is 0.466 e. The molecule has 0 aliphatic rings. The molecule has 0 fully saturated rings. The third-order valence-corrected chi connectivity index (χ3v) is 7.94. The van der Waals surface area contributed by atoms with Crippen molar-refractivity contribution in [3.8, 4) is 11.4 Å². The lowest BCUT2D eigenvalue weighted by Crippen LogP contribution is -2.50. The monoisotopic (exact) mass is 588 g/mol. The number of rotatable bonds is 15. The second-order valence-electron chi connectivity index (χ2n) is 9.87. The molecular weight excluding hydrogens is 552 g/mol. The molecule has 1 aromatic heterocycles. The summed E-state index contributed by atoms with van der Waals surface area (Å²) < 4.78 is 38.5. The van der Waals surface area contributed by atoms with E-state index in [1.807, 2.05) is 19.9 Å². The molecule has 13 heteroatoms. The van der Waals surface area contributed by atoms with Crippen molar-refractivity contribution in [2.75, 3.05) is 19.7 Å². The molecule has 41 heavy (non-hydrogen) atoms. The third-order valence-electron chi connectivity index (χ3n) is 6.10. The number of benzene rings is 2. The number of nitrogens with one attached hydrogen (secondary N) is 1. The number of carbonyl (C=O) groups is 2. The molecule has 1 amide bonds. The standard InChI is InChI=1S/C28H36N4O8S/c1-4-39-26(34)15-14-25-30-27(31-40-25)21-10-12-22(13-11-21)41(37,38)32(17-19(2)3)18-24(33)23(29-28(35)36)16-20-8-6-5-7-9-20/h5-13,19,23-24,29,33H,4,14-18H2,1-3H3,(H,35,36)/t23-,24-/m0/s1. The highest BCUT2D eigenvalue weighted by atomic mass is 32.2. The van der Waals surface area contributed by atoms with Crippen molar-refractivity contribution in [3.63, 3.8) is 0 Å². The molecule has 0 radical (unpaired) electrons. The molecule has 222 valence electrons. The summed E-state index contributed by atoms with van der Waals surface area (Å²) in [6, 6.07) is 14.0. The lowest BCUT2D eigenvalue weighted by Gasteiger charge is -2.30. The van der Waals surface area contributed by atoms with Crippen LogP contribution in [0.1, 0.15) is 38.6 Å². The van der Waals surface area contributed by atoms with Crippen LogP contribution in [-0.4, -0.2) is 77.0 Å². The number of hydrogen-bond donors (Lipinski definition) is 3. The topological polar surface area (TPSA) is 172 Å². The van der Waals surface area contributed by atoms with E-state index in [1.165, 1.54) is 16.4 Å². The molecule has 3 rings (SSSR count). The van der Waals surface area contributed by atoms with Crippen LogP contribution in [0, 0.1) is 5.92 Å². The summed E-state index contributed by atoms with van der Waals surface area (Å²) in [7, 11) is -4.06. The number of aromatic nitrogens is 2. The van der Waals surface area contributed by atoms with Gasteiger partial charge < -0.3 is 24.8 Å². The number of ether oxygens (including phenoxy) is 1. The van der Waals surface area contributed by atoms with E-state index in [9.17, 15) is 28.2 Å². The van der Waals surface area contributed by atoms with Crippen molar-refractivity contribution in [2.45, 2.75) is 57.1 Å². The van der Waals surface area contributed by atoms with Crippen molar-refractivity contribution in [2.24, 2.45) is 5.92 Å². The average molecular weight is 589 g/mol. The summed E-state index contributed by atoms with van der Waals surface area (Å²) >= 11 is 0. The quantitative estimate of drug-likeness (QED) is 0.224. The first kappa shape index (κ1) is 31.7. The average Bonchev–Trinajstić information content (AvgIpc) is 3.41. The number of carbonyl (C=O) groups excluding carboxylic acids is 1. The maximum atomic E-state index is 13.6. The number of nitrogens with zero attached hydrogens (tertiary/aromatic N) is 3. The minimum absolute atomic E-state index is 0.00840. The van der Waals surface area contributed by atoms with E-state index in [1.54, 1.807) is 43.3 Å². The van der Waals surface area contributed by atoms with Crippen LogP contribution in [0.3, 0.4) is 0 Å². The second-order valence-corrected chi connectivity index (χ2v) is 11.8. The van der Waals surface area contributed by atoms with Crippen LogP contribution in [0.2, 0.25) is 0 Å². The van der Waals surface area contributed by atoms with Gasteiger partial charge in [0.2, 0.25) is 21.7 Å². The molecule has 0 unspecified atom stereocenters. The Bertz CT molecular complexity index is 1380. The van der Waals surface area contributed by atoms with Gasteiger partial charge in [-0.25, -0.2) is 13.2 Å². The zero-order valence-electron chi connectivity index (χ0n) is 23.3. The highest BCUT2D eigenvalue weighted by molar-refractivity contribution is 7.89. The zero-order chi connectivity index (χ0) is 30.0. The molecule has 0 saturated carbocycles. The Labute approximate surface area is 239 Å². The van der Waals surface area contributed by atoms with Gasteiger partial charge in [0, 0.05) is 25.1 Å². The second kappa shape index (κ2) is 14.7. The number of hydrogen-bond acceptors (Lipinski definition) is 9. The van der Waals surface area contributed by atoms with Gasteiger partial charge in [-0.2, -0.15) is 9.29 Å². The van der Waals surface area contributed by atoms with E-state index < -0.39 is 28.3 Å². The van der Waals surface area contributed by atoms with Gasteiger partial charge in [-0.05, 0) is 49.1 Å². The Kier molecular flexibility index (Phi) is 11.4. The normalized spacial score (nSPS) is 13.2. The van der Waals surface area contributed by atoms with Crippen LogP contribution in [-0.2, 0) is 32.4 Å². The van der Waals surface area contributed by atoms with Crippen LogP contribution >= 0.6 is 0 Å². The van der Waals surface area contributed by atoms with Crippen LogP contribution in [0.25, 0.3) is 11.4 Å². The molecule has 0 aliphatic carbocycles. The minimum atomic E-state index is -4.06. The van der Waals surface area contributed by atoms with Gasteiger partial charge in [0.25, 0.3) is 0 Å². The van der Waals surface area contributed by atoms with Crippen molar-refractivity contribution in [3.05, 3.63) is 66.1 Å². The fraction of sp³-hybridized carbons (Fsp3) is 0.429. The van der Waals surface area contributed by atoms with Gasteiger partial charge in [-0.1, -0.05) is 49.3 Å². The molecule has 0 bridgehead atoms. The molecule has 0 saturated heterocycles. The Balaban J connectivity index is 1.76. The summed E-state index contributed by atoms with van der Waals surface area (Å²) in [4.78, 5) is 27.3. The van der Waals surface area contributed by atoms with E-state index in [4.69, 9.17) is 9.26 Å². The Morgan fingerprint density at radius 3 is 2.37 bits per heavy atom. The van der Waals surface area contributed by atoms with E-state index in [0.29, 0.717) is 5.56 Å². The lowest BCUT2D eigenvalue weighted by atomic mass is 10.0. The molecule has 2 aromatic carbocycles. The molecular formula is C28H36N4O8S. The van der Waals surface area contributed by atoms with Crippen molar-refractivity contribution in [1.29, 1.82) is 0 Å². The number of aliphatic hydroxyl groups is 1. The predicted molar refractivity (Wildman–Crippen MR) is 149 cm³/mol. The highest BCUT2D eigenvalue weighted by Crippen LogP contribution is 2.23. The smallest absolute Gasteiger partial charge is 0.404 e. The number of aliphatic hydroxyl groups excluding tert-OH is 1. The maximum absolute atomic E-state index is 13.6. The predicted octanol–water partition coefficient (Wildman–Crippen LogP) is 3.12. The van der Waals surface area contributed by atoms with Crippen LogP contribution < -0.4 is 5.32 Å². The fourth-order valence-electron chi connectivity index (χ4n) is 4.16. The molecule has 0 aliphatic heterocycles. The van der Waals surface area contributed by atoms with E-state index in [-0.39, 0.29) is 67.5 Å². The molecule has 2 atom stereocenters. The molecule has 1 heterocycles. The molecule has 12 nitrogen and oxygen atoms in total. The van der Waals surface area contributed by atoms with Gasteiger partial charge >= 0.3 is 12.1 Å². The number of amides is 1. The molecule has 3 aromatic rings. The summed E-state index contributed by atoms with van der Waals surface area (Å²) in [5, 5.41) is 26.6. The van der Waals surface area contributed by atoms with Gasteiger partial charge in [0.05, 0.1) is 30.1 Å². The Hall–Kier alpha value is -3.81. The van der Waals surface area contributed by atoms with Gasteiger partial charge in [-0.15, -0.1) is 0 Å². The first-order chi connectivity index (χ1) is 19.5. The molecule has 3 N–H and O–H groups in total. The first-order valence-electron chi connectivity index (χ1n) is 13.3. The summed E-state index contributed by atoms with van der Waals surface area (Å²) in [6.07, 6.45) is -2.13. The number of sulfonamides is 1. The lowest BCUT2D eigenvalue weighted by molar-refractivity contribution is -0.143. The highest BCUT2D eigenvalue weighted by Gasteiger charge is 2.31. The maximum Gasteiger partial charge on any atom is 0.404 e. The van der Waals surface area contributed by atoms with Crippen molar-refractivity contribution < 1.29 is 37.5 Å².